The maximum absolute atomic E-state index is 12.9. The van der Waals surface area contributed by atoms with Gasteiger partial charge in [0.2, 0.25) is 0 Å². The molecule has 1 aromatic rings. The van der Waals surface area contributed by atoms with Gasteiger partial charge in [0.15, 0.2) is 11.0 Å². The number of rotatable bonds is 1. The van der Waals surface area contributed by atoms with E-state index >= 15 is 0 Å². The van der Waals surface area contributed by atoms with E-state index in [0.29, 0.717) is 4.90 Å². The van der Waals surface area contributed by atoms with Crippen molar-refractivity contribution in [3.8, 4) is 0 Å². The van der Waals surface area contributed by atoms with Gasteiger partial charge in [-0.1, -0.05) is 0 Å². The number of esters is 1. The van der Waals surface area contributed by atoms with Gasteiger partial charge in [-0.05, 0) is 18.2 Å². The number of hydrogen-bond donors (Lipinski definition) is 0. The summed E-state index contributed by atoms with van der Waals surface area (Å²) in [5.74, 6) is -1.46. The van der Waals surface area contributed by atoms with Gasteiger partial charge in [0.05, 0.1) is 7.11 Å². The molecule has 2 rings (SSSR count). The Labute approximate surface area is 89.6 Å². The molecule has 15 heavy (non-hydrogen) atoms. The maximum Gasteiger partial charge on any atom is 0.327 e. The molecule has 0 radical (unpaired) electrons. The topological polar surface area (TPSA) is 43.4 Å². The molecule has 0 saturated heterocycles. The van der Waals surface area contributed by atoms with Crippen LogP contribution in [0.3, 0.4) is 0 Å². The van der Waals surface area contributed by atoms with Gasteiger partial charge in [0.25, 0.3) is 0 Å². The lowest BCUT2D eigenvalue weighted by atomic mass is 10.1. The van der Waals surface area contributed by atoms with Gasteiger partial charge in [0.1, 0.15) is 5.82 Å². The molecule has 5 heteroatoms. The summed E-state index contributed by atoms with van der Waals surface area (Å²) in [6, 6.07) is 3.91. The molecule has 1 heterocycles. The van der Waals surface area contributed by atoms with Crippen LogP contribution in [-0.4, -0.2) is 24.1 Å². The first-order valence-corrected chi connectivity index (χ1v) is 5.09. The largest absolute Gasteiger partial charge is 0.468 e. The quantitative estimate of drug-likeness (QED) is 0.539. The Morgan fingerprint density at radius 1 is 1.53 bits per heavy atom. The van der Waals surface area contributed by atoms with Gasteiger partial charge in [-0.25, -0.2) is 4.39 Å². The minimum absolute atomic E-state index is 0.260. The standard InChI is InChI=1S/C10H7FO3S/c1-14-10(13)9-8(12)6-4-5(11)2-3-7(6)15-9/h2-4,9H,1H3. The predicted molar refractivity (Wildman–Crippen MR) is 52.4 cm³/mol. The molecule has 1 aliphatic heterocycles. The van der Waals surface area contributed by atoms with Gasteiger partial charge in [-0.2, -0.15) is 0 Å². The zero-order valence-corrected chi connectivity index (χ0v) is 8.64. The molecule has 1 atom stereocenters. The molecule has 1 aliphatic rings. The van der Waals surface area contributed by atoms with E-state index < -0.39 is 17.0 Å². The van der Waals surface area contributed by atoms with Crippen molar-refractivity contribution in [2.45, 2.75) is 10.1 Å². The number of thioether (sulfide) groups is 1. The van der Waals surface area contributed by atoms with Crippen molar-refractivity contribution in [3.05, 3.63) is 29.6 Å². The number of Topliss-reactive ketones (excluding diaryl/α,β-unsaturated/α-hetero) is 1. The van der Waals surface area contributed by atoms with E-state index in [0.717, 1.165) is 17.8 Å². The average Bonchev–Trinajstić information content (AvgIpc) is 2.55. The van der Waals surface area contributed by atoms with Crippen molar-refractivity contribution in [2.75, 3.05) is 7.11 Å². The molecule has 0 amide bonds. The van der Waals surface area contributed by atoms with Crippen LogP contribution in [0.5, 0.6) is 0 Å². The van der Waals surface area contributed by atoms with E-state index in [1.165, 1.54) is 19.2 Å². The molecular formula is C10H7FO3S. The second-order valence-electron chi connectivity index (χ2n) is 3.03. The Morgan fingerprint density at radius 2 is 2.27 bits per heavy atom. The lowest BCUT2D eigenvalue weighted by Gasteiger charge is -2.02. The minimum Gasteiger partial charge on any atom is -0.468 e. The normalized spacial score (nSPS) is 18.8. The van der Waals surface area contributed by atoms with Gasteiger partial charge >= 0.3 is 5.97 Å². The summed E-state index contributed by atoms with van der Waals surface area (Å²) in [7, 11) is 1.22. The first-order valence-electron chi connectivity index (χ1n) is 4.21. The van der Waals surface area contributed by atoms with Crippen LogP contribution >= 0.6 is 11.8 Å². The Morgan fingerprint density at radius 3 is 2.93 bits per heavy atom. The number of ether oxygens (including phenoxy) is 1. The third-order valence-corrected chi connectivity index (χ3v) is 3.36. The van der Waals surface area contributed by atoms with Crippen LogP contribution in [0, 0.1) is 5.82 Å². The molecular weight excluding hydrogens is 219 g/mol. The first-order chi connectivity index (χ1) is 7.13. The molecule has 0 aromatic heterocycles. The molecule has 1 aromatic carbocycles. The zero-order chi connectivity index (χ0) is 11.0. The smallest absolute Gasteiger partial charge is 0.327 e. The summed E-state index contributed by atoms with van der Waals surface area (Å²) in [5, 5.41) is -0.883. The van der Waals surface area contributed by atoms with E-state index in [9.17, 15) is 14.0 Å². The third kappa shape index (κ3) is 1.63. The summed E-state index contributed by atoms with van der Waals surface area (Å²) in [5.41, 5.74) is 0.260. The van der Waals surface area contributed by atoms with Crippen LogP contribution in [0.25, 0.3) is 0 Å². The van der Waals surface area contributed by atoms with Gasteiger partial charge < -0.3 is 4.74 Å². The van der Waals surface area contributed by atoms with E-state index in [1.807, 2.05) is 0 Å². The number of ketones is 1. The molecule has 0 aliphatic carbocycles. The highest BCUT2D eigenvalue weighted by atomic mass is 32.2. The molecule has 0 N–H and O–H groups in total. The van der Waals surface area contributed by atoms with E-state index in [4.69, 9.17) is 0 Å². The van der Waals surface area contributed by atoms with Crippen LogP contribution in [-0.2, 0) is 9.53 Å². The summed E-state index contributed by atoms with van der Waals surface area (Å²) in [4.78, 5) is 23.5. The molecule has 0 fully saturated rings. The van der Waals surface area contributed by atoms with E-state index in [1.54, 1.807) is 0 Å². The molecule has 0 saturated carbocycles. The number of fused-ring (bicyclic) bond motifs is 1. The SMILES string of the molecule is COC(=O)C1Sc2ccc(F)cc2C1=O. The number of carbonyl (C=O) groups excluding carboxylic acids is 2. The number of halogens is 1. The monoisotopic (exact) mass is 226 g/mol. The molecule has 0 bridgehead atoms. The molecule has 0 spiro atoms. The fraction of sp³-hybridized carbons (Fsp3) is 0.200. The minimum atomic E-state index is -0.883. The number of benzene rings is 1. The zero-order valence-electron chi connectivity index (χ0n) is 7.82. The fourth-order valence-electron chi connectivity index (χ4n) is 1.38. The van der Waals surface area contributed by atoms with Crippen LogP contribution in [0.4, 0.5) is 4.39 Å². The Bertz CT molecular complexity index is 444. The lowest BCUT2D eigenvalue weighted by molar-refractivity contribution is -0.138. The third-order valence-electron chi connectivity index (χ3n) is 2.11. The Kier molecular flexibility index (Phi) is 2.48. The summed E-state index contributed by atoms with van der Waals surface area (Å²) < 4.78 is 17.4. The van der Waals surface area contributed by atoms with Crippen LogP contribution in [0.1, 0.15) is 10.4 Å². The van der Waals surface area contributed by atoms with Crippen LogP contribution in [0.2, 0.25) is 0 Å². The van der Waals surface area contributed by atoms with Gasteiger partial charge in [-0.15, -0.1) is 11.8 Å². The average molecular weight is 226 g/mol. The molecule has 1 unspecified atom stereocenters. The fourth-order valence-corrected chi connectivity index (χ4v) is 2.49. The summed E-state index contributed by atoms with van der Waals surface area (Å²) in [6.07, 6.45) is 0. The lowest BCUT2D eigenvalue weighted by Crippen LogP contribution is -2.24. The van der Waals surface area contributed by atoms with Crippen molar-refractivity contribution >= 4 is 23.5 Å². The Balaban J connectivity index is 2.38. The first kappa shape index (κ1) is 10.2. The molecule has 78 valence electrons. The Hall–Kier alpha value is -1.36. The van der Waals surface area contributed by atoms with Crippen molar-refractivity contribution < 1.29 is 18.7 Å². The van der Waals surface area contributed by atoms with Crippen LogP contribution < -0.4 is 0 Å². The van der Waals surface area contributed by atoms with E-state index in [-0.39, 0.29) is 11.3 Å². The second-order valence-corrected chi connectivity index (χ2v) is 4.17. The van der Waals surface area contributed by atoms with Crippen molar-refractivity contribution in [1.29, 1.82) is 0 Å². The highest BCUT2D eigenvalue weighted by Crippen LogP contribution is 2.37. The highest BCUT2D eigenvalue weighted by Gasteiger charge is 2.37. The summed E-state index contributed by atoms with van der Waals surface area (Å²) >= 11 is 1.09. The second kappa shape index (κ2) is 3.66. The number of methoxy groups -OCH3 is 1. The predicted octanol–water partition coefficient (Wildman–Crippen LogP) is 1.66. The highest BCUT2D eigenvalue weighted by molar-refractivity contribution is 8.02. The van der Waals surface area contributed by atoms with Gasteiger partial charge in [-0.3, -0.25) is 9.59 Å². The summed E-state index contributed by atoms with van der Waals surface area (Å²) in [6.45, 7) is 0. The molecule has 3 nitrogen and oxygen atoms in total. The van der Waals surface area contributed by atoms with Crippen molar-refractivity contribution in [3.63, 3.8) is 0 Å². The van der Waals surface area contributed by atoms with Crippen LogP contribution in [0.15, 0.2) is 23.1 Å². The van der Waals surface area contributed by atoms with Crippen molar-refractivity contribution in [2.24, 2.45) is 0 Å². The van der Waals surface area contributed by atoms with E-state index in [2.05, 4.69) is 4.74 Å². The number of carbonyl (C=O) groups is 2. The van der Waals surface area contributed by atoms with Crippen molar-refractivity contribution in [1.82, 2.24) is 0 Å². The number of hydrogen-bond acceptors (Lipinski definition) is 4. The maximum atomic E-state index is 12.9. The van der Waals surface area contributed by atoms with Gasteiger partial charge in [0, 0.05) is 10.5 Å².